The molecule has 326 valence electrons. The van der Waals surface area contributed by atoms with Crippen molar-refractivity contribution < 1.29 is 53.4 Å². The second-order valence-electron chi connectivity index (χ2n) is 17.1. The Labute approximate surface area is 344 Å². The van der Waals surface area contributed by atoms with Gasteiger partial charge in [-0.15, -0.1) is 0 Å². The minimum absolute atomic E-state index is 0.0195. The van der Waals surface area contributed by atoms with Gasteiger partial charge in [-0.1, -0.05) is 57.9 Å². The molecule has 4 aliphatic heterocycles. The number of nitrogens with zero attached hydrogens (tertiary/aromatic N) is 3. The average molecular weight is 816 g/mol. The fourth-order valence-corrected chi connectivity index (χ4v) is 7.96. The molecule has 4 aliphatic rings. The first-order chi connectivity index (χ1) is 27.5. The molecule has 14 nitrogen and oxygen atoms in total. The molecule has 10 atom stereocenters. The minimum Gasteiger partial charge on any atom is -0.457 e. The zero-order chi connectivity index (χ0) is 42.6. The van der Waals surface area contributed by atoms with E-state index >= 15 is 0 Å². The second-order valence-corrected chi connectivity index (χ2v) is 17.1. The fraction of sp³-hybridized carbons (Fsp3) is 0.727. The van der Waals surface area contributed by atoms with Crippen molar-refractivity contribution in [2.45, 2.75) is 147 Å². The number of imide groups is 1. The molecular formula is C44H69N3O11. The lowest BCUT2D eigenvalue weighted by Crippen LogP contribution is -2.51. The Balaban J connectivity index is 1.34. The van der Waals surface area contributed by atoms with Gasteiger partial charge in [0.25, 0.3) is 11.8 Å². The fourth-order valence-electron chi connectivity index (χ4n) is 7.96. The van der Waals surface area contributed by atoms with Crippen LogP contribution in [0.4, 0.5) is 4.79 Å². The Hall–Kier alpha value is -3.40. The first kappa shape index (κ1) is 47.3. The number of methoxy groups -OCH3 is 1. The SMILES string of the molecule is CC[C@H](O)[C@@H](C)[C@H]1O[C@@H]1C[C@@](C)(O)/C=C/C=C(\C)[C@H]1OC(=O)C[C@H](O)CC[C@@](C)(OC)[C@@H](OC(=O)N2CCN(CCCCCCN3C(=O)C=CC3=O)CC2)/C=C\[C@@H]1C. The molecule has 0 aromatic carbocycles. The van der Waals surface area contributed by atoms with Crippen LogP contribution in [-0.4, -0.2) is 148 Å². The van der Waals surface area contributed by atoms with Gasteiger partial charge >= 0.3 is 12.1 Å². The maximum absolute atomic E-state index is 13.6. The van der Waals surface area contributed by atoms with E-state index in [1.165, 1.54) is 17.1 Å². The van der Waals surface area contributed by atoms with Gasteiger partial charge in [-0.3, -0.25) is 24.2 Å². The van der Waals surface area contributed by atoms with Crippen LogP contribution in [0.2, 0.25) is 0 Å². The zero-order valence-electron chi connectivity index (χ0n) is 35.7. The highest BCUT2D eigenvalue weighted by Gasteiger charge is 2.47. The number of esters is 1. The largest absolute Gasteiger partial charge is 0.457 e. The van der Waals surface area contributed by atoms with Gasteiger partial charge in [0, 0.05) is 70.2 Å². The molecule has 0 radical (unpaired) electrons. The van der Waals surface area contributed by atoms with Crippen molar-refractivity contribution in [1.29, 1.82) is 0 Å². The van der Waals surface area contributed by atoms with Gasteiger partial charge in [0.2, 0.25) is 0 Å². The van der Waals surface area contributed by atoms with Crippen LogP contribution in [0, 0.1) is 11.8 Å². The standard InChI is InChI=1S/C44H69N3O11/c1-8-34(49)32(4)41-35(56-41)29-43(5,54)20-13-14-30(2)40-31(3)15-16-36(44(6,55-7)21-19-33(48)28-39(52)58-40)57-42(53)46-26-24-45(25-27-46)22-11-9-10-12-23-47-37(50)17-18-38(47)51/h13-18,20,31-36,40-41,48-49,54H,8-12,19,21-29H2,1-7H3/b16-15-,20-13+,30-14+/t31-,32+,33+,34-,35+,36-,40+,41+,43-,44+/m0/s1. The number of piperazine rings is 1. The first-order valence-corrected chi connectivity index (χ1v) is 21.2. The Bertz CT molecular complexity index is 1500. The van der Waals surface area contributed by atoms with E-state index in [0.29, 0.717) is 52.0 Å². The van der Waals surface area contributed by atoms with Crippen molar-refractivity contribution in [1.82, 2.24) is 14.7 Å². The van der Waals surface area contributed by atoms with Gasteiger partial charge in [0.15, 0.2) is 6.10 Å². The number of carbonyl (C=O) groups excluding carboxylic acids is 4. The van der Waals surface area contributed by atoms with Crippen LogP contribution in [0.15, 0.2) is 48.1 Å². The summed E-state index contributed by atoms with van der Waals surface area (Å²) in [5, 5.41) is 32.1. The van der Waals surface area contributed by atoms with Gasteiger partial charge in [0.05, 0.1) is 36.4 Å². The predicted octanol–water partition coefficient (Wildman–Crippen LogP) is 4.47. The number of epoxide rings is 1. The Morgan fingerprint density at radius 2 is 1.72 bits per heavy atom. The number of amides is 3. The van der Waals surface area contributed by atoms with Crippen LogP contribution in [0.1, 0.15) is 99.3 Å². The zero-order valence-corrected chi connectivity index (χ0v) is 35.7. The lowest BCUT2D eigenvalue weighted by Gasteiger charge is -2.38. The van der Waals surface area contributed by atoms with Crippen LogP contribution in [-0.2, 0) is 33.3 Å². The van der Waals surface area contributed by atoms with E-state index in [4.69, 9.17) is 18.9 Å². The second kappa shape index (κ2) is 21.7. The van der Waals surface area contributed by atoms with Crippen molar-refractivity contribution in [2.24, 2.45) is 11.8 Å². The number of carbonyl (C=O) groups is 4. The summed E-state index contributed by atoms with van der Waals surface area (Å²) >= 11 is 0. The van der Waals surface area contributed by atoms with Crippen LogP contribution in [0.3, 0.4) is 0 Å². The molecular weight excluding hydrogens is 746 g/mol. The lowest BCUT2D eigenvalue weighted by molar-refractivity contribution is -0.151. The summed E-state index contributed by atoms with van der Waals surface area (Å²) in [7, 11) is 1.55. The van der Waals surface area contributed by atoms with E-state index in [1.807, 2.05) is 40.7 Å². The van der Waals surface area contributed by atoms with Crippen molar-refractivity contribution >= 4 is 23.9 Å². The third-order valence-electron chi connectivity index (χ3n) is 12.2. The number of ether oxygens (including phenoxy) is 4. The summed E-state index contributed by atoms with van der Waals surface area (Å²) in [6.45, 7) is 15.0. The van der Waals surface area contributed by atoms with E-state index in [1.54, 1.807) is 43.2 Å². The number of rotatable bonds is 17. The van der Waals surface area contributed by atoms with Crippen molar-refractivity contribution in [3.63, 3.8) is 0 Å². The minimum atomic E-state index is -1.17. The molecule has 4 rings (SSSR count). The molecule has 0 aliphatic carbocycles. The molecule has 0 unspecified atom stereocenters. The van der Waals surface area contributed by atoms with Gasteiger partial charge in [0.1, 0.15) is 11.7 Å². The topological polar surface area (TPSA) is 179 Å². The average Bonchev–Trinajstić information content (AvgIpc) is 3.87. The molecule has 0 spiro atoms. The van der Waals surface area contributed by atoms with Gasteiger partial charge in [-0.25, -0.2) is 4.79 Å². The highest BCUT2D eigenvalue weighted by molar-refractivity contribution is 6.12. The van der Waals surface area contributed by atoms with Crippen LogP contribution in [0.5, 0.6) is 0 Å². The van der Waals surface area contributed by atoms with E-state index in [2.05, 4.69) is 4.90 Å². The first-order valence-electron chi connectivity index (χ1n) is 21.2. The Morgan fingerprint density at radius 1 is 1.07 bits per heavy atom. The summed E-state index contributed by atoms with van der Waals surface area (Å²) in [5.74, 6) is -1.39. The molecule has 14 heteroatoms. The molecule has 4 heterocycles. The maximum atomic E-state index is 13.6. The molecule has 3 amide bonds. The summed E-state index contributed by atoms with van der Waals surface area (Å²) < 4.78 is 23.9. The van der Waals surface area contributed by atoms with Crippen molar-refractivity contribution in [2.75, 3.05) is 46.4 Å². The summed E-state index contributed by atoms with van der Waals surface area (Å²) in [4.78, 5) is 55.4. The van der Waals surface area contributed by atoms with E-state index < -0.39 is 47.7 Å². The van der Waals surface area contributed by atoms with Crippen molar-refractivity contribution in [3.8, 4) is 0 Å². The smallest absolute Gasteiger partial charge is 0.410 e. The molecule has 0 bridgehead atoms. The van der Waals surface area contributed by atoms with Crippen LogP contribution in [0.25, 0.3) is 0 Å². The Morgan fingerprint density at radius 3 is 2.36 bits per heavy atom. The third-order valence-corrected chi connectivity index (χ3v) is 12.2. The summed E-state index contributed by atoms with van der Waals surface area (Å²) in [5.41, 5.74) is -1.44. The molecule has 3 N–H and O–H groups in total. The number of aliphatic hydroxyl groups excluding tert-OH is 2. The van der Waals surface area contributed by atoms with Gasteiger partial charge in [-0.2, -0.15) is 0 Å². The van der Waals surface area contributed by atoms with Crippen LogP contribution < -0.4 is 0 Å². The van der Waals surface area contributed by atoms with E-state index in [9.17, 15) is 34.5 Å². The number of hydrogen-bond acceptors (Lipinski definition) is 12. The molecule has 2 fully saturated rings. The molecule has 58 heavy (non-hydrogen) atoms. The monoisotopic (exact) mass is 815 g/mol. The normalized spacial score (nSPS) is 31.7. The highest BCUT2D eigenvalue weighted by Crippen LogP contribution is 2.38. The number of unbranched alkanes of at least 4 members (excludes halogenated alkanes) is 3. The van der Waals surface area contributed by atoms with Gasteiger partial charge < -0.3 is 39.2 Å². The third kappa shape index (κ3) is 13.8. The molecule has 2 saturated heterocycles. The lowest BCUT2D eigenvalue weighted by atomic mass is 9.88. The van der Waals surface area contributed by atoms with E-state index in [0.717, 1.165) is 37.8 Å². The van der Waals surface area contributed by atoms with E-state index in [-0.39, 0.29) is 48.7 Å². The summed E-state index contributed by atoms with van der Waals surface area (Å²) in [6.07, 6.45) is 12.9. The maximum Gasteiger partial charge on any atom is 0.410 e. The number of hydrogen-bond donors (Lipinski definition) is 3. The van der Waals surface area contributed by atoms with Crippen molar-refractivity contribution in [3.05, 3.63) is 48.1 Å². The predicted molar refractivity (Wildman–Crippen MR) is 218 cm³/mol. The highest BCUT2D eigenvalue weighted by atomic mass is 16.6. The summed E-state index contributed by atoms with van der Waals surface area (Å²) in [6, 6.07) is 0. The quantitative estimate of drug-likeness (QED) is 0.0470. The molecule has 0 aromatic rings. The number of allylic oxidation sites excluding steroid dienone is 2. The van der Waals surface area contributed by atoms with Crippen LogP contribution >= 0.6 is 0 Å². The molecule has 0 aromatic heterocycles. The Kier molecular flexibility index (Phi) is 17.7. The number of aliphatic hydroxyl groups is 3. The molecule has 0 saturated carbocycles. The van der Waals surface area contributed by atoms with Gasteiger partial charge in [-0.05, 0) is 71.1 Å². The number of cyclic esters (lactones) is 1.